The Kier molecular flexibility index (Phi) is 7.16. The number of nitrogens with zero attached hydrogens (tertiary/aromatic N) is 1. The van der Waals surface area contributed by atoms with E-state index in [1.54, 1.807) is 0 Å². The third-order valence-electron chi connectivity index (χ3n) is 8.47. The highest BCUT2D eigenvalue weighted by atomic mass is 16.5. The number of furan rings is 1. The molecule has 30 heavy (non-hydrogen) atoms. The van der Waals surface area contributed by atoms with E-state index in [2.05, 4.69) is 45.2 Å². The molecule has 0 aliphatic heterocycles. The molecule has 0 unspecified atom stereocenters. The Morgan fingerprint density at radius 1 is 1.30 bits per heavy atom. The molecule has 4 heteroatoms. The molecule has 0 saturated heterocycles. The predicted octanol–water partition coefficient (Wildman–Crippen LogP) is 6.01. The molecule has 1 heterocycles. The highest BCUT2D eigenvalue weighted by Crippen LogP contribution is 2.62. The second-order valence-electron chi connectivity index (χ2n) is 9.94. The van der Waals surface area contributed by atoms with Crippen molar-refractivity contribution in [3.63, 3.8) is 0 Å². The maximum absolute atomic E-state index is 12.8. The number of aryl methyl sites for hydroxylation is 1. The number of carbonyl (C=O) groups is 1. The van der Waals surface area contributed by atoms with Gasteiger partial charge < -0.3 is 9.15 Å². The van der Waals surface area contributed by atoms with Crippen LogP contribution in [0, 0.1) is 22.7 Å². The Hall–Kier alpha value is -1.55. The fourth-order valence-corrected chi connectivity index (χ4v) is 6.64. The summed E-state index contributed by atoms with van der Waals surface area (Å²) in [5, 5.41) is 0. The van der Waals surface area contributed by atoms with Crippen LogP contribution in [0.25, 0.3) is 0 Å². The summed E-state index contributed by atoms with van der Waals surface area (Å²) in [5.41, 5.74) is 2.44. The normalized spacial score (nSPS) is 31.6. The molecule has 0 amide bonds. The van der Waals surface area contributed by atoms with Crippen molar-refractivity contribution in [3.05, 3.63) is 35.8 Å². The first-order valence-electron chi connectivity index (χ1n) is 11.8. The van der Waals surface area contributed by atoms with Crippen molar-refractivity contribution >= 4 is 5.97 Å². The Labute approximate surface area is 183 Å². The summed E-state index contributed by atoms with van der Waals surface area (Å²) in [6.45, 7) is 16.4. The maximum atomic E-state index is 12.8. The van der Waals surface area contributed by atoms with Crippen LogP contribution in [-0.4, -0.2) is 31.1 Å². The zero-order valence-corrected chi connectivity index (χ0v) is 19.8. The monoisotopic (exact) mass is 415 g/mol. The van der Waals surface area contributed by atoms with Gasteiger partial charge >= 0.3 is 5.97 Å². The summed E-state index contributed by atoms with van der Waals surface area (Å²) in [4.78, 5) is 15.2. The number of esters is 1. The predicted molar refractivity (Wildman–Crippen MR) is 121 cm³/mol. The summed E-state index contributed by atoms with van der Waals surface area (Å²) in [7, 11) is 1.54. The first-order chi connectivity index (χ1) is 14.3. The number of carbonyl (C=O) groups excluding carboxylic acids is 1. The lowest BCUT2D eigenvalue weighted by molar-refractivity contribution is -0.168. The summed E-state index contributed by atoms with van der Waals surface area (Å²) in [5.74, 6) is 1.88. The number of allylic oxidation sites excluding steroid dienone is 1. The van der Waals surface area contributed by atoms with Gasteiger partial charge in [0.15, 0.2) is 0 Å². The molecule has 0 spiro atoms. The van der Waals surface area contributed by atoms with Gasteiger partial charge in [-0.3, -0.25) is 9.69 Å². The van der Waals surface area contributed by atoms with E-state index < -0.39 is 0 Å². The Morgan fingerprint density at radius 2 is 2.03 bits per heavy atom. The molecule has 0 radical (unpaired) electrons. The Morgan fingerprint density at radius 3 is 2.70 bits per heavy atom. The van der Waals surface area contributed by atoms with E-state index in [-0.39, 0.29) is 16.8 Å². The van der Waals surface area contributed by atoms with Crippen LogP contribution in [0.15, 0.2) is 28.9 Å². The summed E-state index contributed by atoms with van der Waals surface area (Å²) in [6, 6.07) is 2.14. The molecule has 2 aliphatic carbocycles. The molecule has 0 bridgehead atoms. The number of rotatable bonds is 8. The molecule has 2 saturated carbocycles. The standard InChI is InChI=1S/C26H41NO3/c1-7-27(8-2)18-22-20(14-17-30-22)11-12-21-19(3)10-13-23-25(21,4)15-9-16-26(23,5)24(28)29-6/h14,17,21,23H,3,7-13,15-16,18H2,1-2,4-6H3/t21-,23-,25+,26-/m0/s1. The molecular formula is C26H41NO3. The fourth-order valence-electron chi connectivity index (χ4n) is 6.64. The molecule has 4 nitrogen and oxygen atoms in total. The van der Waals surface area contributed by atoms with Crippen LogP contribution in [0.4, 0.5) is 0 Å². The van der Waals surface area contributed by atoms with Crippen LogP contribution in [-0.2, 0) is 22.5 Å². The number of ether oxygens (including phenoxy) is 1. The molecule has 3 rings (SSSR count). The van der Waals surface area contributed by atoms with Crippen molar-refractivity contribution in [2.75, 3.05) is 20.2 Å². The third-order valence-corrected chi connectivity index (χ3v) is 8.47. The zero-order chi connectivity index (χ0) is 21.9. The molecule has 1 aromatic rings. The van der Waals surface area contributed by atoms with Gasteiger partial charge in [-0.1, -0.05) is 39.3 Å². The van der Waals surface area contributed by atoms with E-state index in [1.165, 1.54) is 24.7 Å². The van der Waals surface area contributed by atoms with Crippen molar-refractivity contribution < 1.29 is 13.9 Å². The molecule has 0 N–H and O–H groups in total. The molecular weight excluding hydrogens is 374 g/mol. The first kappa shape index (κ1) is 23.1. The van der Waals surface area contributed by atoms with Crippen molar-refractivity contribution in [2.45, 2.75) is 79.2 Å². The molecule has 1 aromatic heterocycles. The van der Waals surface area contributed by atoms with Crippen LogP contribution in [0.3, 0.4) is 0 Å². The van der Waals surface area contributed by atoms with Crippen molar-refractivity contribution in [3.8, 4) is 0 Å². The fraction of sp³-hybridized carbons (Fsp3) is 0.731. The molecule has 168 valence electrons. The second-order valence-corrected chi connectivity index (χ2v) is 9.94. The van der Waals surface area contributed by atoms with Gasteiger partial charge in [0.05, 0.1) is 25.3 Å². The van der Waals surface area contributed by atoms with Gasteiger partial charge in [-0.25, -0.2) is 0 Å². The van der Waals surface area contributed by atoms with E-state index in [1.807, 2.05) is 6.26 Å². The van der Waals surface area contributed by atoms with Gasteiger partial charge in [0.2, 0.25) is 0 Å². The minimum Gasteiger partial charge on any atom is -0.469 e. The van der Waals surface area contributed by atoms with Crippen molar-refractivity contribution in [1.82, 2.24) is 4.90 Å². The largest absolute Gasteiger partial charge is 0.469 e. The molecule has 4 atom stereocenters. The minimum atomic E-state index is -0.371. The molecule has 2 aliphatic rings. The van der Waals surface area contributed by atoms with Gasteiger partial charge in [-0.05, 0) is 87.4 Å². The van der Waals surface area contributed by atoms with Gasteiger partial charge in [0.25, 0.3) is 0 Å². The van der Waals surface area contributed by atoms with E-state index >= 15 is 0 Å². The lowest BCUT2D eigenvalue weighted by Gasteiger charge is -2.57. The van der Waals surface area contributed by atoms with Gasteiger partial charge in [0.1, 0.15) is 5.76 Å². The number of methoxy groups -OCH3 is 1. The topological polar surface area (TPSA) is 42.7 Å². The quantitative estimate of drug-likeness (QED) is 0.385. The van der Waals surface area contributed by atoms with E-state index in [0.29, 0.717) is 11.8 Å². The van der Waals surface area contributed by atoms with Crippen LogP contribution in [0.2, 0.25) is 0 Å². The SMILES string of the molecule is C=C1CC[C@H]2[C@](C)(CCC[C@]2(C)C(=O)OC)[C@H]1CCc1ccoc1CN(CC)CC. The smallest absolute Gasteiger partial charge is 0.311 e. The Balaban J connectivity index is 1.78. The zero-order valence-electron chi connectivity index (χ0n) is 19.8. The minimum absolute atomic E-state index is 0.0268. The Bertz CT molecular complexity index is 749. The van der Waals surface area contributed by atoms with E-state index in [0.717, 1.165) is 63.9 Å². The van der Waals surface area contributed by atoms with Crippen LogP contribution < -0.4 is 0 Å². The average molecular weight is 416 g/mol. The summed E-state index contributed by atoms with van der Waals surface area (Å²) >= 11 is 0. The summed E-state index contributed by atoms with van der Waals surface area (Å²) in [6.07, 6.45) is 9.19. The van der Waals surface area contributed by atoms with Crippen molar-refractivity contribution in [1.29, 1.82) is 0 Å². The van der Waals surface area contributed by atoms with E-state index in [4.69, 9.17) is 9.15 Å². The number of hydrogen-bond acceptors (Lipinski definition) is 4. The lowest BCUT2D eigenvalue weighted by Crippen LogP contribution is -2.53. The van der Waals surface area contributed by atoms with E-state index in [9.17, 15) is 4.79 Å². The average Bonchev–Trinajstić information content (AvgIpc) is 3.17. The number of fused-ring (bicyclic) bond motifs is 1. The van der Waals surface area contributed by atoms with Gasteiger partial charge in [-0.15, -0.1) is 0 Å². The maximum Gasteiger partial charge on any atom is 0.311 e. The van der Waals surface area contributed by atoms with Crippen LogP contribution in [0.1, 0.15) is 77.5 Å². The number of hydrogen-bond donors (Lipinski definition) is 0. The highest BCUT2D eigenvalue weighted by Gasteiger charge is 2.57. The molecule has 0 aromatic carbocycles. The summed E-state index contributed by atoms with van der Waals surface area (Å²) < 4.78 is 11.1. The lowest BCUT2D eigenvalue weighted by atomic mass is 9.46. The van der Waals surface area contributed by atoms with Crippen molar-refractivity contribution in [2.24, 2.45) is 22.7 Å². The van der Waals surface area contributed by atoms with Gasteiger partial charge in [0, 0.05) is 0 Å². The third kappa shape index (κ3) is 4.12. The molecule has 2 fully saturated rings. The highest BCUT2D eigenvalue weighted by molar-refractivity contribution is 5.77. The second kappa shape index (κ2) is 9.30. The first-order valence-corrected chi connectivity index (χ1v) is 11.8. The van der Waals surface area contributed by atoms with Crippen LogP contribution in [0.5, 0.6) is 0 Å². The van der Waals surface area contributed by atoms with Gasteiger partial charge in [-0.2, -0.15) is 0 Å². The van der Waals surface area contributed by atoms with Crippen LogP contribution >= 0.6 is 0 Å².